The normalized spacial score (nSPS) is 22.5. The maximum Gasteiger partial charge on any atom is 0.399 e. The van der Waals surface area contributed by atoms with Crippen LogP contribution in [0.4, 0.5) is 0 Å². The van der Waals surface area contributed by atoms with Crippen LogP contribution in [0.25, 0.3) is 0 Å². The second kappa shape index (κ2) is 8.99. The maximum atomic E-state index is 11.6. The van der Waals surface area contributed by atoms with E-state index in [1.54, 1.807) is 0 Å². The number of ether oxygens (including phenoxy) is 2. The molecule has 2 rings (SSSR count). The molecule has 0 spiro atoms. The van der Waals surface area contributed by atoms with Crippen LogP contribution < -0.4 is 0 Å². The van der Waals surface area contributed by atoms with E-state index < -0.39 is 10.4 Å². The zero-order chi connectivity index (χ0) is 15.0. The molecular formula is C12H24N2O6S. The summed E-state index contributed by atoms with van der Waals surface area (Å²) in [5.41, 5.74) is 0. The van der Waals surface area contributed by atoms with Crippen molar-refractivity contribution < 1.29 is 26.3 Å². The largest absolute Gasteiger partial charge is 0.399 e. The Labute approximate surface area is 126 Å². The van der Waals surface area contributed by atoms with Gasteiger partial charge in [0, 0.05) is 39.3 Å². The molecule has 0 N–H and O–H groups in total. The van der Waals surface area contributed by atoms with E-state index in [1.165, 1.54) is 0 Å². The van der Waals surface area contributed by atoms with Crippen molar-refractivity contribution in [2.45, 2.75) is 0 Å². The monoisotopic (exact) mass is 324 g/mol. The fourth-order valence-corrected chi connectivity index (χ4v) is 2.85. The van der Waals surface area contributed by atoms with E-state index in [0.29, 0.717) is 39.5 Å². The van der Waals surface area contributed by atoms with Crippen LogP contribution in [0.2, 0.25) is 0 Å². The first kappa shape index (κ1) is 17.1. The van der Waals surface area contributed by atoms with E-state index in [2.05, 4.69) is 9.80 Å². The molecule has 124 valence electrons. The van der Waals surface area contributed by atoms with Gasteiger partial charge in [0.1, 0.15) is 0 Å². The first-order valence-corrected chi connectivity index (χ1v) is 8.63. The van der Waals surface area contributed by atoms with Gasteiger partial charge in [-0.2, -0.15) is 8.42 Å². The molecule has 21 heavy (non-hydrogen) atoms. The van der Waals surface area contributed by atoms with Gasteiger partial charge in [-0.3, -0.25) is 9.80 Å². The lowest BCUT2D eigenvalue weighted by atomic mass is 10.4. The number of morpholine rings is 2. The molecule has 0 amide bonds. The molecule has 2 saturated heterocycles. The Balaban J connectivity index is 1.55. The smallest absolute Gasteiger partial charge is 0.379 e. The summed E-state index contributed by atoms with van der Waals surface area (Å²) in [7, 11) is -3.90. The molecule has 2 heterocycles. The van der Waals surface area contributed by atoms with Crippen LogP contribution in [-0.2, 0) is 28.2 Å². The Morgan fingerprint density at radius 1 is 0.762 bits per heavy atom. The first-order chi connectivity index (χ1) is 10.2. The van der Waals surface area contributed by atoms with Gasteiger partial charge in [-0.05, 0) is 0 Å². The molecule has 0 bridgehead atoms. The standard InChI is InChI=1S/C12H24N2O6S/c15-21(16,19-11-5-13-1-7-17-8-2-13)20-12-6-14-3-9-18-10-4-14/h1-12H2. The summed E-state index contributed by atoms with van der Waals surface area (Å²) < 4.78 is 43.3. The number of hydrogen-bond donors (Lipinski definition) is 0. The summed E-state index contributed by atoms with van der Waals surface area (Å²) in [6.07, 6.45) is 0. The summed E-state index contributed by atoms with van der Waals surface area (Å²) in [5.74, 6) is 0. The van der Waals surface area contributed by atoms with Crippen molar-refractivity contribution >= 4 is 10.4 Å². The molecule has 0 atom stereocenters. The van der Waals surface area contributed by atoms with Crippen LogP contribution in [-0.4, -0.2) is 97.1 Å². The minimum Gasteiger partial charge on any atom is -0.379 e. The van der Waals surface area contributed by atoms with Gasteiger partial charge in [-0.15, -0.1) is 0 Å². The quantitative estimate of drug-likeness (QED) is 0.558. The Hall–Kier alpha value is -0.290. The van der Waals surface area contributed by atoms with Crippen molar-refractivity contribution in [2.75, 3.05) is 78.9 Å². The fourth-order valence-electron chi connectivity index (χ4n) is 2.22. The summed E-state index contributed by atoms with van der Waals surface area (Å²) in [6.45, 7) is 7.31. The molecule has 0 aromatic heterocycles. The highest BCUT2D eigenvalue weighted by atomic mass is 32.3. The second-order valence-electron chi connectivity index (χ2n) is 4.96. The van der Waals surface area contributed by atoms with Crippen LogP contribution >= 0.6 is 0 Å². The van der Waals surface area contributed by atoms with Gasteiger partial charge < -0.3 is 9.47 Å². The second-order valence-corrected chi connectivity index (χ2v) is 6.25. The first-order valence-electron chi connectivity index (χ1n) is 7.30. The van der Waals surface area contributed by atoms with E-state index in [4.69, 9.17) is 17.8 Å². The summed E-state index contributed by atoms with van der Waals surface area (Å²) in [6, 6.07) is 0. The van der Waals surface area contributed by atoms with Crippen molar-refractivity contribution in [1.82, 2.24) is 9.80 Å². The van der Waals surface area contributed by atoms with Crippen LogP contribution in [0, 0.1) is 0 Å². The van der Waals surface area contributed by atoms with Gasteiger partial charge in [0.05, 0.1) is 39.6 Å². The number of rotatable bonds is 8. The van der Waals surface area contributed by atoms with Crippen molar-refractivity contribution in [3.63, 3.8) is 0 Å². The third-order valence-electron chi connectivity index (χ3n) is 3.48. The zero-order valence-corrected chi connectivity index (χ0v) is 13.1. The van der Waals surface area contributed by atoms with Gasteiger partial charge in [0.25, 0.3) is 0 Å². The molecule has 2 aliphatic rings. The Kier molecular flexibility index (Phi) is 7.30. The topological polar surface area (TPSA) is 77.5 Å². The van der Waals surface area contributed by atoms with E-state index in [1.807, 2.05) is 0 Å². The minimum absolute atomic E-state index is 0.111. The Bertz CT molecular complexity index is 349. The molecule has 0 aromatic rings. The van der Waals surface area contributed by atoms with Crippen molar-refractivity contribution in [2.24, 2.45) is 0 Å². The molecule has 0 saturated carbocycles. The van der Waals surface area contributed by atoms with Gasteiger partial charge >= 0.3 is 10.4 Å². The molecule has 9 heteroatoms. The van der Waals surface area contributed by atoms with Gasteiger partial charge in [0.2, 0.25) is 0 Å². The summed E-state index contributed by atoms with van der Waals surface area (Å²) in [5, 5.41) is 0. The van der Waals surface area contributed by atoms with Crippen LogP contribution in [0.5, 0.6) is 0 Å². The molecule has 8 nitrogen and oxygen atoms in total. The third-order valence-corrected chi connectivity index (χ3v) is 4.39. The van der Waals surface area contributed by atoms with E-state index in [9.17, 15) is 8.42 Å². The van der Waals surface area contributed by atoms with Crippen LogP contribution in [0.1, 0.15) is 0 Å². The molecule has 0 aromatic carbocycles. The highest BCUT2D eigenvalue weighted by Crippen LogP contribution is 2.01. The summed E-state index contributed by atoms with van der Waals surface area (Å²) >= 11 is 0. The average Bonchev–Trinajstić information content (AvgIpc) is 2.49. The lowest BCUT2D eigenvalue weighted by molar-refractivity contribution is 0.0282. The van der Waals surface area contributed by atoms with Crippen LogP contribution in [0.3, 0.4) is 0 Å². The van der Waals surface area contributed by atoms with Crippen molar-refractivity contribution in [1.29, 1.82) is 0 Å². The van der Waals surface area contributed by atoms with E-state index in [0.717, 1.165) is 26.2 Å². The third kappa shape index (κ3) is 7.00. The maximum absolute atomic E-state index is 11.6. The van der Waals surface area contributed by atoms with Gasteiger partial charge in [-0.25, -0.2) is 8.37 Å². The predicted molar refractivity (Wildman–Crippen MR) is 75.3 cm³/mol. The van der Waals surface area contributed by atoms with Crippen LogP contribution in [0.15, 0.2) is 0 Å². The lowest BCUT2D eigenvalue weighted by Gasteiger charge is -2.26. The zero-order valence-electron chi connectivity index (χ0n) is 12.2. The summed E-state index contributed by atoms with van der Waals surface area (Å²) in [4.78, 5) is 4.21. The van der Waals surface area contributed by atoms with Crippen molar-refractivity contribution in [3.05, 3.63) is 0 Å². The van der Waals surface area contributed by atoms with Crippen molar-refractivity contribution in [3.8, 4) is 0 Å². The molecule has 2 fully saturated rings. The molecular weight excluding hydrogens is 300 g/mol. The van der Waals surface area contributed by atoms with E-state index >= 15 is 0 Å². The number of hydrogen-bond acceptors (Lipinski definition) is 8. The molecule has 0 unspecified atom stereocenters. The average molecular weight is 324 g/mol. The lowest BCUT2D eigenvalue weighted by Crippen LogP contribution is -2.39. The molecule has 2 aliphatic heterocycles. The predicted octanol–water partition coefficient (Wildman–Crippen LogP) is -1.07. The highest BCUT2D eigenvalue weighted by molar-refractivity contribution is 7.81. The Morgan fingerprint density at radius 3 is 1.52 bits per heavy atom. The SMILES string of the molecule is O=S(=O)(OCCN1CCOCC1)OCCN1CCOCC1. The van der Waals surface area contributed by atoms with Gasteiger partial charge in [-0.1, -0.05) is 0 Å². The van der Waals surface area contributed by atoms with Gasteiger partial charge in [0.15, 0.2) is 0 Å². The molecule has 0 aliphatic carbocycles. The molecule has 0 radical (unpaired) electrons. The fraction of sp³-hybridized carbons (Fsp3) is 1.00. The number of nitrogens with zero attached hydrogens (tertiary/aromatic N) is 2. The minimum atomic E-state index is -3.90. The van der Waals surface area contributed by atoms with E-state index in [-0.39, 0.29) is 13.2 Å². The Morgan fingerprint density at radius 2 is 1.14 bits per heavy atom. The highest BCUT2D eigenvalue weighted by Gasteiger charge is 2.16.